The third kappa shape index (κ3) is 6.44. The van der Waals surface area contributed by atoms with Gasteiger partial charge in [-0.1, -0.05) is 0 Å². The summed E-state index contributed by atoms with van der Waals surface area (Å²) in [5.74, 6) is -0.323. The lowest BCUT2D eigenvalue weighted by Gasteiger charge is -2.30. The smallest absolute Gasteiger partial charge is 0.326 e. The number of aliphatic carboxylic acids is 1. The SMILES string of the molecule is CSCC[C@@H](NC(=O)NCC1CN(C)CCO1)C(=O)O. The number of urea groups is 1. The van der Waals surface area contributed by atoms with E-state index in [0.29, 0.717) is 25.3 Å². The van der Waals surface area contributed by atoms with E-state index in [0.717, 1.165) is 13.1 Å². The Bertz CT molecular complexity index is 330. The van der Waals surface area contributed by atoms with Crippen LogP contribution in [0.3, 0.4) is 0 Å². The first-order valence-corrected chi connectivity index (χ1v) is 7.98. The van der Waals surface area contributed by atoms with E-state index in [2.05, 4.69) is 15.5 Å². The molecule has 0 aliphatic carbocycles. The molecule has 0 aromatic carbocycles. The first kappa shape index (κ1) is 17.1. The molecule has 20 heavy (non-hydrogen) atoms. The third-order valence-electron chi connectivity index (χ3n) is 3.05. The van der Waals surface area contributed by atoms with Crippen molar-refractivity contribution < 1.29 is 19.4 Å². The zero-order chi connectivity index (χ0) is 15.0. The predicted octanol–water partition coefficient (Wildman–Crippen LogP) is -0.177. The largest absolute Gasteiger partial charge is 0.480 e. The van der Waals surface area contributed by atoms with Crippen molar-refractivity contribution in [3.63, 3.8) is 0 Å². The van der Waals surface area contributed by atoms with Gasteiger partial charge in [0.25, 0.3) is 0 Å². The molecule has 7 nitrogen and oxygen atoms in total. The Balaban J connectivity index is 2.28. The van der Waals surface area contributed by atoms with Gasteiger partial charge in [0.05, 0.1) is 12.7 Å². The van der Waals surface area contributed by atoms with Gasteiger partial charge in [0.2, 0.25) is 0 Å². The molecule has 2 amide bonds. The Morgan fingerprint density at radius 1 is 1.55 bits per heavy atom. The summed E-state index contributed by atoms with van der Waals surface area (Å²) in [7, 11) is 2.00. The second-order valence-corrected chi connectivity index (χ2v) is 5.77. The van der Waals surface area contributed by atoms with Crippen LogP contribution in [0.4, 0.5) is 4.79 Å². The summed E-state index contributed by atoms with van der Waals surface area (Å²) in [5.41, 5.74) is 0. The van der Waals surface area contributed by atoms with Crippen LogP contribution in [0.1, 0.15) is 6.42 Å². The van der Waals surface area contributed by atoms with Crippen molar-refractivity contribution in [1.29, 1.82) is 0 Å². The van der Waals surface area contributed by atoms with Crippen molar-refractivity contribution in [3.8, 4) is 0 Å². The number of morpholine rings is 1. The first-order valence-electron chi connectivity index (χ1n) is 6.59. The zero-order valence-electron chi connectivity index (χ0n) is 11.9. The normalized spacial score (nSPS) is 21.2. The van der Waals surface area contributed by atoms with Crippen LogP contribution in [-0.2, 0) is 9.53 Å². The fourth-order valence-electron chi connectivity index (χ4n) is 1.90. The summed E-state index contributed by atoms with van der Waals surface area (Å²) in [6, 6.07) is -1.31. The molecule has 1 fully saturated rings. The molecule has 1 aliphatic rings. The van der Waals surface area contributed by atoms with Crippen LogP contribution < -0.4 is 10.6 Å². The minimum atomic E-state index is -1.01. The Labute approximate surface area is 123 Å². The van der Waals surface area contributed by atoms with E-state index < -0.39 is 18.0 Å². The monoisotopic (exact) mass is 305 g/mol. The van der Waals surface area contributed by atoms with Crippen molar-refractivity contribution in [2.75, 3.05) is 45.3 Å². The Morgan fingerprint density at radius 2 is 2.30 bits per heavy atom. The molecule has 1 rings (SSSR count). The van der Waals surface area contributed by atoms with E-state index >= 15 is 0 Å². The first-order chi connectivity index (χ1) is 9.52. The summed E-state index contributed by atoms with van der Waals surface area (Å²) in [5, 5.41) is 14.2. The lowest BCUT2D eigenvalue weighted by atomic mass is 10.2. The number of thioether (sulfide) groups is 1. The van der Waals surface area contributed by atoms with Crippen molar-refractivity contribution in [1.82, 2.24) is 15.5 Å². The molecule has 1 aliphatic heterocycles. The number of nitrogens with one attached hydrogen (secondary N) is 2. The highest BCUT2D eigenvalue weighted by Crippen LogP contribution is 2.02. The maximum absolute atomic E-state index is 11.7. The number of carbonyl (C=O) groups is 2. The summed E-state index contributed by atoms with van der Waals surface area (Å²) in [6.07, 6.45) is 2.26. The van der Waals surface area contributed by atoms with Gasteiger partial charge in [0.1, 0.15) is 6.04 Å². The molecule has 116 valence electrons. The molecule has 0 saturated carbocycles. The fourth-order valence-corrected chi connectivity index (χ4v) is 2.37. The van der Waals surface area contributed by atoms with Gasteiger partial charge in [0, 0.05) is 19.6 Å². The fraction of sp³-hybridized carbons (Fsp3) is 0.833. The second-order valence-electron chi connectivity index (χ2n) is 4.78. The van der Waals surface area contributed by atoms with E-state index in [1.54, 1.807) is 11.8 Å². The van der Waals surface area contributed by atoms with Crippen LogP contribution in [0.25, 0.3) is 0 Å². The number of hydrogen-bond donors (Lipinski definition) is 3. The molecule has 8 heteroatoms. The van der Waals surface area contributed by atoms with Crippen LogP contribution in [-0.4, -0.2) is 79.5 Å². The average Bonchev–Trinajstić information content (AvgIpc) is 2.41. The van der Waals surface area contributed by atoms with Crippen LogP contribution in [0, 0.1) is 0 Å². The third-order valence-corrected chi connectivity index (χ3v) is 3.69. The Hall–Kier alpha value is -0.990. The van der Waals surface area contributed by atoms with Gasteiger partial charge >= 0.3 is 12.0 Å². The summed E-state index contributed by atoms with van der Waals surface area (Å²) >= 11 is 1.55. The summed E-state index contributed by atoms with van der Waals surface area (Å²) in [4.78, 5) is 24.8. The number of carboxylic acid groups (broad SMARTS) is 1. The topological polar surface area (TPSA) is 90.9 Å². The standard InChI is InChI=1S/C12H23N3O4S/c1-15-4-5-19-9(8-15)7-13-12(18)14-10(11(16)17)3-6-20-2/h9-10H,3-8H2,1-2H3,(H,16,17)(H2,13,14,18)/t9?,10-/m1/s1. The number of nitrogens with zero attached hydrogens (tertiary/aromatic N) is 1. The molecular formula is C12H23N3O4S. The highest BCUT2D eigenvalue weighted by molar-refractivity contribution is 7.98. The van der Waals surface area contributed by atoms with Gasteiger partial charge in [-0.05, 0) is 25.5 Å². The molecular weight excluding hydrogens is 282 g/mol. The van der Waals surface area contributed by atoms with Crippen molar-refractivity contribution >= 4 is 23.8 Å². The number of carbonyl (C=O) groups excluding carboxylic acids is 1. The van der Waals surface area contributed by atoms with Gasteiger partial charge in [-0.2, -0.15) is 11.8 Å². The molecule has 0 aromatic heterocycles. The van der Waals surface area contributed by atoms with Crippen LogP contribution >= 0.6 is 11.8 Å². The minimum absolute atomic E-state index is 0.0472. The molecule has 1 unspecified atom stereocenters. The molecule has 2 atom stereocenters. The van der Waals surface area contributed by atoms with Crippen molar-refractivity contribution in [2.45, 2.75) is 18.6 Å². The predicted molar refractivity (Wildman–Crippen MR) is 78.2 cm³/mol. The van der Waals surface area contributed by atoms with Crippen LogP contribution in [0.5, 0.6) is 0 Å². The Kier molecular flexibility index (Phi) is 7.71. The van der Waals surface area contributed by atoms with E-state index in [-0.39, 0.29) is 6.10 Å². The molecule has 0 radical (unpaired) electrons. The van der Waals surface area contributed by atoms with Gasteiger partial charge in [-0.3, -0.25) is 0 Å². The van der Waals surface area contributed by atoms with Gasteiger partial charge in [-0.15, -0.1) is 0 Å². The van der Waals surface area contributed by atoms with E-state index in [4.69, 9.17) is 9.84 Å². The highest BCUT2D eigenvalue weighted by Gasteiger charge is 2.21. The van der Waals surface area contributed by atoms with E-state index in [1.165, 1.54) is 0 Å². The summed E-state index contributed by atoms with van der Waals surface area (Å²) in [6.45, 7) is 2.68. The van der Waals surface area contributed by atoms with Crippen LogP contribution in [0.15, 0.2) is 0 Å². The van der Waals surface area contributed by atoms with Gasteiger partial charge in [-0.25, -0.2) is 9.59 Å². The Morgan fingerprint density at radius 3 is 2.90 bits per heavy atom. The average molecular weight is 305 g/mol. The number of carboxylic acids is 1. The molecule has 3 N–H and O–H groups in total. The minimum Gasteiger partial charge on any atom is -0.480 e. The lowest BCUT2D eigenvalue weighted by Crippen LogP contribution is -2.51. The summed E-state index contributed by atoms with van der Waals surface area (Å²) < 4.78 is 5.51. The number of likely N-dealkylation sites (N-methyl/N-ethyl adjacent to an activating group) is 1. The lowest BCUT2D eigenvalue weighted by molar-refractivity contribution is -0.139. The highest BCUT2D eigenvalue weighted by atomic mass is 32.2. The molecule has 1 saturated heterocycles. The zero-order valence-corrected chi connectivity index (χ0v) is 12.7. The van der Waals surface area contributed by atoms with Gasteiger partial charge < -0.3 is 25.4 Å². The number of hydrogen-bond acceptors (Lipinski definition) is 5. The van der Waals surface area contributed by atoms with E-state index in [1.807, 2.05) is 13.3 Å². The maximum atomic E-state index is 11.7. The van der Waals surface area contributed by atoms with E-state index in [9.17, 15) is 9.59 Å². The molecule has 1 heterocycles. The number of rotatable bonds is 7. The molecule has 0 spiro atoms. The molecule has 0 bridgehead atoms. The maximum Gasteiger partial charge on any atom is 0.326 e. The molecule has 0 aromatic rings. The number of ether oxygens (including phenoxy) is 1. The second kappa shape index (κ2) is 9.04. The van der Waals surface area contributed by atoms with Crippen LogP contribution in [0.2, 0.25) is 0 Å². The van der Waals surface area contributed by atoms with Crippen molar-refractivity contribution in [2.24, 2.45) is 0 Å². The number of amides is 2. The van der Waals surface area contributed by atoms with Gasteiger partial charge in [0.15, 0.2) is 0 Å². The quantitative estimate of drug-likeness (QED) is 0.604. The van der Waals surface area contributed by atoms with Crippen molar-refractivity contribution in [3.05, 3.63) is 0 Å².